The molecule has 43 heavy (non-hydrogen) atoms. The molecule has 8 heteroatoms. The van der Waals surface area contributed by atoms with Crippen molar-refractivity contribution >= 4 is 60.9 Å². The largest absolute Gasteiger partial charge is 1.00 e. The maximum absolute atomic E-state index is 13.8. The maximum atomic E-state index is 13.8. The van der Waals surface area contributed by atoms with Gasteiger partial charge in [-0.2, -0.15) is 0 Å². The Hall–Kier alpha value is -3.94. The predicted octanol–water partition coefficient (Wildman–Crippen LogP) is 5.08. The van der Waals surface area contributed by atoms with E-state index < -0.39 is 11.9 Å². The predicted molar refractivity (Wildman–Crippen MR) is 173 cm³/mol. The Balaban J connectivity index is 0.00000423. The van der Waals surface area contributed by atoms with Gasteiger partial charge in [-0.05, 0) is 65.1 Å². The minimum atomic E-state index is -0.716. The van der Waals surface area contributed by atoms with Gasteiger partial charge in [0.1, 0.15) is 0 Å². The van der Waals surface area contributed by atoms with E-state index in [9.17, 15) is 14.4 Å². The van der Waals surface area contributed by atoms with Crippen LogP contribution in [0.3, 0.4) is 0 Å². The van der Waals surface area contributed by atoms with E-state index in [1.54, 1.807) is 24.3 Å². The number of benzene rings is 4. The quantitative estimate of drug-likeness (QED) is 0.185. The van der Waals surface area contributed by atoms with Gasteiger partial charge in [0.2, 0.25) is 0 Å². The van der Waals surface area contributed by atoms with Crippen LogP contribution in [0.2, 0.25) is 0 Å². The SMILES string of the molecule is CC(C)CCCC(=O)[C@H](Cc1c[nH]c2ccccc12)NC(=O)c1cc(Br)ccc1NC(=O)c1ccc2ccccc2c1.[Cl-]. The van der Waals surface area contributed by atoms with Crippen molar-refractivity contribution in [1.29, 1.82) is 0 Å². The first-order valence-electron chi connectivity index (χ1n) is 14.3. The summed E-state index contributed by atoms with van der Waals surface area (Å²) in [4.78, 5) is 43.7. The molecule has 0 aliphatic carbocycles. The average molecular weight is 660 g/mol. The Morgan fingerprint density at radius 3 is 2.40 bits per heavy atom. The second-order valence-corrected chi connectivity index (χ2v) is 12.0. The Labute approximate surface area is 266 Å². The number of carbonyl (C=O) groups excluding carboxylic acids is 3. The molecule has 0 aliphatic heterocycles. The minimum Gasteiger partial charge on any atom is -1.00 e. The third-order valence-corrected chi connectivity index (χ3v) is 7.98. The lowest BCUT2D eigenvalue weighted by atomic mass is 9.96. The molecule has 2 amide bonds. The summed E-state index contributed by atoms with van der Waals surface area (Å²) in [5, 5.41) is 8.93. The van der Waals surface area contributed by atoms with E-state index in [0.29, 0.717) is 34.5 Å². The van der Waals surface area contributed by atoms with E-state index in [1.165, 1.54) is 0 Å². The number of halogens is 2. The minimum absolute atomic E-state index is 0. The van der Waals surface area contributed by atoms with Crippen molar-refractivity contribution in [2.45, 2.75) is 45.6 Å². The number of Topliss-reactive ketones (excluding diaryl/α,β-unsaturated/α-hetero) is 1. The Kier molecular flexibility index (Phi) is 10.8. The van der Waals surface area contributed by atoms with Gasteiger partial charge in [-0.3, -0.25) is 14.4 Å². The number of para-hydroxylation sites is 1. The number of fused-ring (bicyclic) bond motifs is 2. The number of anilines is 1. The van der Waals surface area contributed by atoms with Gasteiger partial charge in [0, 0.05) is 40.0 Å². The highest BCUT2D eigenvalue weighted by atomic mass is 79.9. The molecule has 0 spiro atoms. The van der Waals surface area contributed by atoms with Crippen LogP contribution in [0, 0.1) is 5.92 Å². The highest BCUT2D eigenvalue weighted by Crippen LogP contribution is 2.25. The third-order valence-electron chi connectivity index (χ3n) is 7.48. The molecule has 0 unspecified atom stereocenters. The summed E-state index contributed by atoms with van der Waals surface area (Å²) in [6.07, 6.45) is 4.36. The van der Waals surface area contributed by atoms with Crippen molar-refractivity contribution < 1.29 is 26.8 Å². The lowest BCUT2D eigenvalue weighted by Gasteiger charge is -2.20. The molecular weight excluding hydrogens is 626 g/mol. The molecule has 1 aromatic heterocycles. The number of ketones is 1. The molecule has 5 aromatic rings. The summed E-state index contributed by atoms with van der Waals surface area (Å²) in [5.41, 5.74) is 3.08. The smallest absolute Gasteiger partial charge is 0.255 e. The summed E-state index contributed by atoms with van der Waals surface area (Å²) >= 11 is 3.46. The Morgan fingerprint density at radius 2 is 1.60 bits per heavy atom. The topological polar surface area (TPSA) is 91.1 Å². The Bertz CT molecular complexity index is 1760. The van der Waals surface area contributed by atoms with Gasteiger partial charge in [0.05, 0.1) is 17.3 Å². The first-order valence-corrected chi connectivity index (χ1v) is 15.1. The van der Waals surface area contributed by atoms with E-state index in [-0.39, 0.29) is 29.7 Å². The lowest BCUT2D eigenvalue weighted by Crippen LogP contribution is -3.00. The summed E-state index contributed by atoms with van der Waals surface area (Å²) in [7, 11) is 0. The molecule has 0 fully saturated rings. The number of hydrogen-bond donors (Lipinski definition) is 3. The molecular formula is C35H34BrClN3O3-. The zero-order chi connectivity index (χ0) is 29.6. The van der Waals surface area contributed by atoms with Crippen molar-refractivity contribution in [2.75, 3.05) is 5.32 Å². The van der Waals surface area contributed by atoms with E-state index in [4.69, 9.17) is 0 Å². The van der Waals surface area contributed by atoms with E-state index in [0.717, 1.165) is 40.1 Å². The fraction of sp³-hybridized carbons (Fsp3) is 0.229. The number of hydrogen-bond acceptors (Lipinski definition) is 3. The van der Waals surface area contributed by atoms with Crippen LogP contribution < -0.4 is 23.0 Å². The van der Waals surface area contributed by atoms with Crippen LogP contribution in [-0.4, -0.2) is 28.6 Å². The summed E-state index contributed by atoms with van der Waals surface area (Å²) in [5.74, 6) is -0.259. The normalized spacial score (nSPS) is 11.7. The highest BCUT2D eigenvalue weighted by Gasteiger charge is 2.25. The average Bonchev–Trinajstić information content (AvgIpc) is 3.39. The molecule has 0 aliphatic rings. The van der Waals surface area contributed by atoms with Crippen LogP contribution in [-0.2, 0) is 11.2 Å². The molecule has 4 aromatic carbocycles. The summed E-state index contributed by atoms with van der Waals surface area (Å²) < 4.78 is 0.688. The van der Waals surface area contributed by atoms with Crippen LogP contribution in [0.15, 0.2) is 95.6 Å². The van der Waals surface area contributed by atoms with Crippen LogP contribution in [0.5, 0.6) is 0 Å². The van der Waals surface area contributed by atoms with Crippen molar-refractivity contribution in [2.24, 2.45) is 5.92 Å². The van der Waals surface area contributed by atoms with Crippen molar-refractivity contribution in [3.05, 3.63) is 112 Å². The van der Waals surface area contributed by atoms with Gasteiger partial charge in [-0.1, -0.05) is 84.7 Å². The monoisotopic (exact) mass is 658 g/mol. The molecule has 1 heterocycles. The number of H-pyrrole nitrogens is 1. The first-order chi connectivity index (χ1) is 20.3. The van der Waals surface area contributed by atoms with Crippen molar-refractivity contribution in [3.63, 3.8) is 0 Å². The van der Waals surface area contributed by atoms with Crippen LogP contribution in [0.4, 0.5) is 5.69 Å². The van der Waals surface area contributed by atoms with Gasteiger partial charge >= 0.3 is 0 Å². The van der Waals surface area contributed by atoms with Crippen molar-refractivity contribution in [1.82, 2.24) is 10.3 Å². The number of nitrogens with one attached hydrogen (secondary N) is 3. The molecule has 222 valence electrons. The second kappa shape index (κ2) is 14.5. The third kappa shape index (κ3) is 7.92. The van der Waals surface area contributed by atoms with Crippen LogP contribution >= 0.6 is 15.9 Å². The second-order valence-electron chi connectivity index (χ2n) is 11.0. The number of aromatic amines is 1. The molecule has 3 N–H and O–H groups in total. The zero-order valence-electron chi connectivity index (χ0n) is 24.1. The van der Waals surface area contributed by atoms with Gasteiger partial charge < -0.3 is 28.0 Å². The maximum Gasteiger partial charge on any atom is 0.255 e. The summed E-state index contributed by atoms with van der Waals surface area (Å²) in [6.45, 7) is 4.27. The fourth-order valence-electron chi connectivity index (χ4n) is 5.20. The molecule has 1 atom stereocenters. The van der Waals surface area contributed by atoms with E-state index in [2.05, 4.69) is 45.4 Å². The number of amides is 2. The van der Waals surface area contributed by atoms with E-state index in [1.807, 2.05) is 66.9 Å². The molecule has 0 bridgehead atoms. The first kappa shape index (κ1) is 32.0. The highest BCUT2D eigenvalue weighted by molar-refractivity contribution is 9.10. The lowest BCUT2D eigenvalue weighted by molar-refractivity contribution is -0.121. The number of aromatic nitrogens is 1. The van der Waals surface area contributed by atoms with Gasteiger partial charge in [-0.25, -0.2) is 0 Å². The molecule has 6 nitrogen and oxygen atoms in total. The summed E-state index contributed by atoms with van der Waals surface area (Å²) in [6, 6.07) is 25.7. The standard InChI is InChI=1S/C35H34BrN3O3.ClH/c1-22(2)8-7-13-33(40)32(19-26-21-37-30-12-6-5-11-28(26)30)39-35(42)29-20-27(36)16-17-31(29)38-34(41)25-15-14-23-9-3-4-10-24(23)18-25;/h3-6,9-12,14-18,20-22,32,37H,7-8,13,19H2,1-2H3,(H,38,41)(H,39,42);1H/p-1/t32-;/m0./s1. The van der Waals surface area contributed by atoms with Gasteiger partial charge in [0.15, 0.2) is 5.78 Å². The molecule has 0 saturated carbocycles. The van der Waals surface area contributed by atoms with Crippen LogP contribution in [0.1, 0.15) is 59.4 Å². The molecule has 0 saturated heterocycles. The Morgan fingerprint density at radius 1 is 0.860 bits per heavy atom. The van der Waals surface area contributed by atoms with Crippen LogP contribution in [0.25, 0.3) is 21.7 Å². The van der Waals surface area contributed by atoms with E-state index >= 15 is 0 Å². The zero-order valence-corrected chi connectivity index (χ0v) is 26.5. The number of rotatable bonds is 11. The molecule has 5 rings (SSSR count). The molecule has 0 radical (unpaired) electrons. The van der Waals surface area contributed by atoms with Gasteiger partial charge in [-0.15, -0.1) is 0 Å². The number of carbonyl (C=O) groups is 3. The fourth-order valence-corrected chi connectivity index (χ4v) is 5.56. The van der Waals surface area contributed by atoms with Gasteiger partial charge in [0.25, 0.3) is 11.8 Å². The van der Waals surface area contributed by atoms with Crippen molar-refractivity contribution in [3.8, 4) is 0 Å².